The molecule has 0 amide bonds. The third kappa shape index (κ3) is 3.55. The lowest BCUT2D eigenvalue weighted by Gasteiger charge is -2.10. The van der Waals surface area contributed by atoms with Gasteiger partial charge >= 0.3 is 0 Å². The molecule has 1 heterocycles. The maximum atomic E-state index is 5.65. The minimum atomic E-state index is 0.195. The number of ether oxygens (including phenoxy) is 1. The van der Waals surface area contributed by atoms with Crippen molar-refractivity contribution in [1.29, 1.82) is 0 Å². The van der Waals surface area contributed by atoms with E-state index in [0.717, 1.165) is 28.4 Å². The topological polar surface area (TPSA) is 48.1 Å². The Kier molecular flexibility index (Phi) is 4.56. The highest BCUT2D eigenvalue weighted by Crippen LogP contribution is 2.29. The molecule has 0 saturated heterocycles. The highest BCUT2D eigenvalue weighted by Gasteiger charge is 2.10. The molecule has 0 fully saturated rings. The van der Waals surface area contributed by atoms with Crippen molar-refractivity contribution in [3.8, 4) is 17.0 Å². The largest absolute Gasteiger partial charge is 0.491 e. The van der Waals surface area contributed by atoms with Gasteiger partial charge < -0.3 is 10.5 Å². The number of nitrogens with zero attached hydrogens (tertiary/aromatic N) is 1. The molecule has 0 radical (unpaired) electrons. The summed E-state index contributed by atoms with van der Waals surface area (Å²) in [7, 11) is 0. The molecule has 1 aromatic carbocycles. The molecule has 2 aromatic rings. The first-order valence-corrected chi connectivity index (χ1v) is 7.35. The van der Waals surface area contributed by atoms with E-state index in [1.807, 2.05) is 32.9 Å². The molecule has 19 heavy (non-hydrogen) atoms. The summed E-state index contributed by atoms with van der Waals surface area (Å²) in [5.41, 5.74) is 7.84. The minimum absolute atomic E-state index is 0.195. The van der Waals surface area contributed by atoms with Crippen molar-refractivity contribution in [3.05, 3.63) is 34.2 Å². The number of benzene rings is 1. The maximum absolute atomic E-state index is 5.65. The Balaban J connectivity index is 2.26. The van der Waals surface area contributed by atoms with Gasteiger partial charge in [-0.05, 0) is 58.0 Å². The maximum Gasteiger partial charge on any atom is 0.119 e. The van der Waals surface area contributed by atoms with Crippen LogP contribution in [0.2, 0.25) is 0 Å². The SMILES string of the molecule is Cc1nc(-c2ccc(OC(C)C)cc2)c(CCN)s1. The van der Waals surface area contributed by atoms with Crippen LogP contribution in [0, 0.1) is 6.92 Å². The van der Waals surface area contributed by atoms with Gasteiger partial charge in [0.2, 0.25) is 0 Å². The van der Waals surface area contributed by atoms with Crippen LogP contribution < -0.4 is 10.5 Å². The van der Waals surface area contributed by atoms with Gasteiger partial charge in [0.25, 0.3) is 0 Å². The standard InChI is InChI=1S/C15H20N2OS/c1-10(2)18-13-6-4-12(5-7-13)15-14(8-9-16)19-11(3)17-15/h4-7,10H,8-9,16H2,1-3H3. The number of thiazole rings is 1. The second-order valence-electron chi connectivity index (χ2n) is 4.73. The summed E-state index contributed by atoms with van der Waals surface area (Å²) < 4.78 is 5.65. The molecule has 4 heteroatoms. The second kappa shape index (κ2) is 6.17. The number of hydrogen-bond donors (Lipinski definition) is 1. The van der Waals surface area contributed by atoms with E-state index in [0.29, 0.717) is 6.54 Å². The Morgan fingerprint density at radius 1 is 1.26 bits per heavy atom. The molecular weight excluding hydrogens is 256 g/mol. The monoisotopic (exact) mass is 276 g/mol. The van der Waals surface area contributed by atoms with E-state index in [4.69, 9.17) is 10.5 Å². The average Bonchev–Trinajstić information content (AvgIpc) is 2.71. The summed E-state index contributed by atoms with van der Waals surface area (Å²) in [5.74, 6) is 0.895. The van der Waals surface area contributed by atoms with Crippen LogP contribution in [0.25, 0.3) is 11.3 Å². The third-order valence-electron chi connectivity index (χ3n) is 2.68. The highest BCUT2D eigenvalue weighted by molar-refractivity contribution is 7.12. The van der Waals surface area contributed by atoms with Gasteiger partial charge in [-0.3, -0.25) is 0 Å². The van der Waals surface area contributed by atoms with Crippen molar-refractivity contribution in [2.75, 3.05) is 6.54 Å². The van der Waals surface area contributed by atoms with E-state index in [2.05, 4.69) is 17.1 Å². The third-order valence-corrected chi connectivity index (χ3v) is 3.71. The van der Waals surface area contributed by atoms with Crippen LogP contribution in [0.5, 0.6) is 5.75 Å². The molecule has 0 aliphatic carbocycles. The Labute approximate surface area is 118 Å². The van der Waals surface area contributed by atoms with Gasteiger partial charge in [-0.25, -0.2) is 4.98 Å². The van der Waals surface area contributed by atoms with E-state index in [1.54, 1.807) is 11.3 Å². The molecule has 1 aromatic heterocycles. The van der Waals surface area contributed by atoms with Crippen molar-refractivity contribution in [2.24, 2.45) is 5.73 Å². The lowest BCUT2D eigenvalue weighted by Crippen LogP contribution is -2.05. The number of hydrogen-bond acceptors (Lipinski definition) is 4. The normalized spacial score (nSPS) is 11.0. The summed E-state index contributed by atoms with van der Waals surface area (Å²) >= 11 is 1.73. The fourth-order valence-corrected chi connectivity index (χ4v) is 2.93. The minimum Gasteiger partial charge on any atom is -0.491 e. The van der Waals surface area contributed by atoms with Crippen molar-refractivity contribution >= 4 is 11.3 Å². The predicted molar refractivity (Wildman–Crippen MR) is 80.8 cm³/mol. The zero-order chi connectivity index (χ0) is 13.8. The quantitative estimate of drug-likeness (QED) is 0.910. The summed E-state index contributed by atoms with van der Waals surface area (Å²) in [4.78, 5) is 5.87. The first-order chi connectivity index (χ1) is 9.10. The summed E-state index contributed by atoms with van der Waals surface area (Å²) in [5, 5.41) is 1.08. The molecule has 0 aliphatic rings. The van der Waals surface area contributed by atoms with Crippen LogP contribution in [-0.4, -0.2) is 17.6 Å². The fourth-order valence-electron chi connectivity index (χ4n) is 1.96. The van der Waals surface area contributed by atoms with Crippen molar-refractivity contribution in [2.45, 2.75) is 33.3 Å². The van der Waals surface area contributed by atoms with E-state index in [-0.39, 0.29) is 6.10 Å². The highest BCUT2D eigenvalue weighted by atomic mass is 32.1. The molecule has 0 atom stereocenters. The van der Waals surface area contributed by atoms with E-state index >= 15 is 0 Å². The molecule has 2 N–H and O–H groups in total. The van der Waals surface area contributed by atoms with Gasteiger partial charge in [-0.15, -0.1) is 11.3 Å². The second-order valence-corrected chi connectivity index (χ2v) is 6.02. The fraction of sp³-hybridized carbons (Fsp3) is 0.400. The van der Waals surface area contributed by atoms with E-state index < -0.39 is 0 Å². The van der Waals surface area contributed by atoms with Gasteiger partial charge in [-0.2, -0.15) is 0 Å². The van der Waals surface area contributed by atoms with Crippen LogP contribution >= 0.6 is 11.3 Å². The van der Waals surface area contributed by atoms with Crippen molar-refractivity contribution in [1.82, 2.24) is 4.98 Å². The molecule has 2 rings (SSSR count). The van der Waals surface area contributed by atoms with Gasteiger partial charge in [0, 0.05) is 10.4 Å². The lowest BCUT2D eigenvalue weighted by atomic mass is 10.1. The van der Waals surface area contributed by atoms with E-state index in [9.17, 15) is 0 Å². The summed E-state index contributed by atoms with van der Waals surface area (Å²) in [6, 6.07) is 8.12. The van der Waals surface area contributed by atoms with Crippen LogP contribution in [-0.2, 0) is 6.42 Å². The van der Waals surface area contributed by atoms with Gasteiger partial charge in [-0.1, -0.05) is 0 Å². The Bertz CT molecular complexity index is 532. The number of rotatable bonds is 5. The van der Waals surface area contributed by atoms with Gasteiger partial charge in [0.1, 0.15) is 5.75 Å². The zero-order valence-electron chi connectivity index (χ0n) is 11.6. The smallest absolute Gasteiger partial charge is 0.119 e. The van der Waals surface area contributed by atoms with Crippen LogP contribution in [0.4, 0.5) is 0 Å². The van der Waals surface area contributed by atoms with Gasteiger partial charge in [0.15, 0.2) is 0 Å². The first kappa shape index (κ1) is 14.0. The molecule has 0 spiro atoms. The first-order valence-electron chi connectivity index (χ1n) is 6.53. The van der Waals surface area contributed by atoms with Crippen LogP contribution in [0.15, 0.2) is 24.3 Å². The Morgan fingerprint density at radius 3 is 2.53 bits per heavy atom. The Hall–Kier alpha value is -1.39. The Morgan fingerprint density at radius 2 is 1.95 bits per heavy atom. The molecule has 0 unspecified atom stereocenters. The van der Waals surface area contributed by atoms with E-state index in [1.165, 1.54) is 4.88 Å². The lowest BCUT2D eigenvalue weighted by molar-refractivity contribution is 0.242. The van der Waals surface area contributed by atoms with Crippen LogP contribution in [0.1, 0.15) is 23.7 Å². The van der Waals surface area contributed by atoms with Crippen molar-refractivity contribution < 1.29 is 4.74 Å². The van der Waals surface area contributed by atoms with Gasteiger partial charge in [0.05, 0.1) is 16.8 Å². The molecule has 0 bridgehead atoms. The number of nitrogens with two attached hydrogens (primary N) is 1. The summed E-state index contributed by atoms with van der Waals surface area (Å²) in [6.45, 7) is 6.74. The average molecular weight is 276 g/mol. The summed E-state index contributed by atoms with van der Waals surface area (Å²) in [6.07, 6.45) is 1.07. The molecule has 3 nitrogen and oxygen atoms in total. The molecule has 0 saturated carbocycles. The predicted octanol–water partition coefficient (Wildman–Crippen LogP) is 3.41. The zero-order valence-corrected chi connectivity index (χ0v) is 12.5. The molecule has 102 valence electrons. The number of aromatic nitrogens is 1. The molecular formula is C15H20N2OS. The number of aryl methyl sites for hydroxylation is 1. The van der Waals surface area contributed by atoms with Crippen LogP contribution in [0.3, 0.4) is 0 Å². The van der Waals surface area contributed by atoms with Crippen molar-refractivity contribution in [3.63, 3.8) is 0 Å². The molecule has 0 aliphatic heterocycles.